The number of carbonyl (C=O) groups excluding carboxylic acids is 1. The lowest BCUT2D eigenvalue weighted by molar-refractivity contribution is 0.0698. The number of para-hydroxylation sites is 1. The molecule has 0 aliphatic carbocycles. The summed E-state index contributed by atoms with van der Waals surface area (Å²) in [6.07, 6.45) is 1.47. The van der Waals surface area contributed by atoms with Crippen LogP contribution in [-0.4, -0.2) is 59.3 Å². The summed E-state index contributed by atoms with van der Waals surface area (Å²) in [5.74, 6) is -0.211. The van der Waals surface area contributed by atoms with Gasteiger partial charge in [0.15, 0.2) is 0 Å². The molecule has 36 heavy (non-hydrogen) atoms. The zero-order valence-electron chi connectivity index (χ0n) is 18.8. The highest BCUT2D eigenvalue weighted by Crippen LogP contribution is 2.27. The summed E-state index contributed by atoms with van der Waals surface area (Å²) in [6.45, 7) is 0.805. The number of sulfonamides is 1. The number of hydrogen-bond donors (Lipinski definition) is 0. The van der Waals surface area contributed by atoms with Gasteiger partial charge in [0.05, 0.1) is 31.5 Å². The summed E-state index contributed by atoms with van der Waals surface area (Å²) in [5, 5.41) is 0.949. The highest BCUT2D eigenvalue weighted by atomic mass is 35.5. The maximum atomic E-state index is 13.0. The van der Waals surface area contributed by atoms with Crippen LogP contribution in [0.3, 0.4) is 0 Å². The fourth-order valence-corrected chi connectivity index (χ4v) is 5.93. The van der Waals surface area contributed by atoms with Crippen molar-refractivity contribution in [1.29, 1.82) is 0 Å². The molecule has 184 valence electrons. The summed E-state index contributed by atoms with van der Waals surface area (Å²) in [6, 6.07) is 18.0. The topological polar surface area (TPSA) is 92.6 Å². The third-order valence-corrected chi connectivity index (χ3v) is 8.75. The molecule has 1 fully saturated rings. The van der Waals surface area contributed by atoms with Gasteiger partial charge in [-0.05, 0) is 54.6 Å². The Labute approximate surface area is 217 Å². The van der Waals surface area contributed by atoms with Crippen molar-refractivity contribution < 1.29 is 13.2 Å². The first kappa shape index (κ1) is 24.5. The maximum Gasteiger partial charge on any atom is 0.265 e. The van der Waals surface area contributed by atoms with Crippen LogP contribution in [0.4, 0.5) is 0 Å². The second-order valence-corrected chi connectivity index (χ2v) is 11.0. The fraction of sp³-hybridized carbons (Fsp3) is 0.160. The largest absolute Gasteiger partial charge is 0.336 e. The first-order valence-electron chi connectivity index (χ1n) is 11.1. The molecular formula is C25H20Cl2N4O4S. The second-order valence-electron chi connectivity index (χ2n) is 8.26. The molecule has 0 N–H and O–H groups in total. The van der Waals surface area contributed by atoms with Gasteiger partial charge >= 0.3 is 0 Å². The van der Waals surface area contributed by atoms with E-state index in [0.29, 0.717) is 22.2 Å². The van der Waals surface area contributed by atoms with Gasteiger partial charge in [0.25, 0.3) is 11.5 Å². The number of rotatable bonds is 4. The Morgan fingerprint density at radius 1 is 0.861 bits per heavy atom. The summed E-state index contributed by atoms with van der Waals surface area (Å²) < 4.78 is 28.7. The average molecular weight is 543 g/mol. The van der Waals surface area contributed by atoms with Crippen LogP contribution in [0.5, 0.6) is 0 Å². The second kappa shape index (κ2) is 9.67. The van der Waals surface area contributed by atoms with E-state index in [2.05, 4.69) is 4.98 Å². The van der Waals surface area contributed by atoms with E-state index < -0.39 is 10.0 Å². The van der Waals surface area contributed by atoms with Crippen LogP contribution < -0.4 is 5.56 Å². The van der Waals surface area contributed by atoms with E-state index in [9.17, 15) is 18.0 Å². The molecule has 11 heteroatoms. The zero-order valence-corrected chi connectivity index (χ0v) is 21.2. The number of aromatic nitrogens is 2. The van der Waals surface area contributed by atoms with Crippen molar-refractivity contribution in [3.05, 3.63) is 99.0 Å². The normalized spacial score (nSPS) is 14.8. The fourth-order valence-electron chi connectivity index (χ4n) is 4.12. The highest BCUT2D eigenvalue weighted by Gasteiger charge is 2.30. The van der Waals surface area contributed by atoms with Crippen LogP contribution in [0.25, 0.3) is 16.6 Å². The van der Waals surface area contributed by atoms with E-state index in [1.54, 1.807) is 47.4 Å². The highest BCUT2D eigenvalue weighted by molar-refractivity contribution is 7.89. The molecule has 4 aromatic rings. The van der Waals surface area contributed by atoms with Crippen molar-refractivity contribution in [3.8, 4) is 5.69 Å². The Morgan fingerprint density at radius 3 is 2.25 bits per heavy atom. The molecule has 1 aromatic heterocycles. The summed E-state index contributed by atoms with van der Waals surface area (Å²) >= 11 is 11.9. The van der Waals surface area contributed by atoms with Gasteiger partial charge in [-0.15, -0.1) is 0 Å². The van der Waals surface area contributed by atoms with E-state index in [1.807, 2.05) is 6.07 Å². The number of amides is 1. The Balaban J connectivity index is 1.29. The number of piperazine rings is 1. The van der Waals surface area contributed by atoms with Crippen molar-refractivity contribution in [1.82, 2.24) is 18.8 Å². The van der Waals surface area contributed by atoms with Crippen molar-refractivity contribution in [2.24, 2.45) is 0 Å². The molecule has 2 heterocycles. The minimum absolute atomic E-state index is 0.0608. The number of fused-ring (bicyclic) bond motifs is 1. The lowest BCUT2D eigenvalue weighted by Gasteiger charge is -2.34. The van der Waals surface area contributed by atoms with Gasteiger partial charge in [0, 0.05) is 31.7 Å². The molecule has 3 aromatic carbocycles. The standard InChI is InChI=1S/C25H20Cl2N4O4S/c26-21-10-9-19(15-22(21)27)36(34,35)30-13-11-29(12-14-30)24(32)17-5-7-18(8-6-17)31-16-28-23-4-2-1-3-20(23)25(31)33/h1-10,15-16H,11-14H2. The SMILES string of the molecule is O=C(c1ccc(-n2cnc3ccccc3c2=O)cc1)N1CCN(S(=O)(=O)c2ccc(Cl)c(Cl)c2)CC1. The molecule has 5 rings (SSSR count). The summed E-state index contributed by atoms with van der Waals surface area (Å²) in [7, 11) is -3.76. The molecule has 0 radical (unpaired) electrons. The molecule has 0 spiro atoms. The van der Waals surface area contributed by atoms with Crippen LogP contribution in [0.1, 0.15) is 10.4 Å². The van der Waals surface area contributed by atoms with E-state index in [4.69, 9.17) is 23.2 Å². The van der Waals surface area contributed by atoms with Gasteiger partial charge < -0.3 is 4.90 Å². The van der Waals surface area contributed by atoms with E-state index in [1.165, 1.54) is 33.4 Å². The van der Waals surface area contributed by atoms with E-state index >= 15 is 0 Å². The Kier molecular flexibility index (Phi) is 6.57. The van der Waals surface area contributed by atoms with Crippen molar-refractivity contribution in [2.75, 3.05) is 26.2 Å². The molecule has 1 amide bonds. The minimum atomic E-state index is -3.76. The number of halogens is 2. The van der Waals surface area contributed by atoms with Gasteiger partial charge in [-0.25, -0.2) is 13.4 Å². The van der Waals surface area contributed by atoms with Crippen molar-refractivity contribution in [3.63, 3.8) is 0 Å². The van der Waals surface area contributed by atoms with E-state index in [0.717, 1.165) is 0 Å². The molecule has 1 aliphatic heterocycles. The van der Waals surface area contributed by atoms with Crippen LogP contribution in [0.15, 0.2) is 82.7 Å². The minimum Gasteiger partial charge on any atom is -0.336 e. The van der Waals surface area contributed by atoms with Gasteiger partial charge in [0.2, 0.25) is 10.0 Å². The molecular weight excluding hydrogens is 523 g/mol. The average Bonchev–Trinajstić information content (AvgIpc) is 2.90. The quantitative estimate of drug-likeness (QED) is 0.390. The monoisotopic (exact) mass is 542 g/mol. The number of nitrogens with zero attached hydrogens (tertiary/aromatic N) is 4. The Hall–Kier alpha value is -3.24. The maximum absolute atomic E-state index is 13.0. The van der Waals surface area contributed by atoms with Crippen LogP contribution >= 0.6 is 23.2 Å². The third kappa shape index (κ3) is 4.51. The Morgan fingerprint density at radius 2 is 1.56 bits per heavy atom. The van der Waals surface area contributed by atoms with E-state index in [-0.39, 0.29) is 52.6 Å². The van der Waals surface area contributed by atoms with Crippen LogP contribution in [-0.2, 0) is 10.0 Å². The van der Waals surface area contributed by atoms with Gasteiger partial charge in [-0.3, -0.25) is 14.2 Å². The summed E-state index contributed by atoms with van der Waals surface area (Å²) in [5.41, 5.74) is 1.46. The lowest BCUT2D eigenvalue weighted by atomic mass is 10.1. The first-order chi connectivity index (χ1) is 17.3. The Bertz CT molecular complexity index is 1630. The van der Waals surface area contributed by atoms with Crippen LogP contribution in [0, 0.1) is 0 Å². The molecule has 0 saturated carbocycles. The summed E-state index contributed by atoms with van der Waals surface area (Å²) in [4.78, 5) is 31.9. The first-order valence-corrected chi connectivity index (χ1v) is 13.3. The zero-order chi connectivity index (χ0) is 25.4. The smallest absolute Gasteiger partial charge is 0.265 e. The number of benzene rings is 3. The molecule has 8 nitrogen and oxygen atoms in total. The number of hydrogen-bond acceptors (Lipinski definition) is 5. The molecule has 0 bridgehead atoms. The molecule has 1 saturated heterocycles. The van der Waals surface area contributed by atoms with Gasteiger partial charge in [-0.1, -0.05) is 35.3 Å². The predicted octanol–water partition coefficient (Wildman–Crippen LogP) is 3.84. The molecule has 0 atom stereocenters. The van der Waals surface area contributed by atoms with Crippen molar-refractivity contribution >= 4 is 50.0 Å². The van der Waals surface area contributed by atoms with Crippen LogP contribution in [0.2, 0.25) is 10.0 Å². The van der Waals surface area contributed by atoms with Gasteiger partial charge in [-0.2, -0.15) is 4.31 Å². The predicted molar refractivity (Wildman–Crippen MR) is 138 cm³/mol. The lowest BCUT2D eigenvalue weighted by Crippen LogP contribution is -2.50. The van der Waals surface area contributed by atoms with Gasteiger partial charge in [0.1, 0.15) is 6.33 Å². The van der Waals surface area contributed by atoms with Crippen molar-refractivity contribution in [2.45, 2.75) is 4.90 Å². The number of carbonyl (C=O) groups is 1. The molecule has 0 unspecified atom stereocenters. The molecule has 1 aliphatic rings. The third-order valence-electron chi connectivity index (χ3n) is 6.11.